The van der Waals surface area contributed by atoms with E-state index in [1.807, 2.05) is 18.4 Å². The van der Waals surface area contributed by atoms with Gasteiger partial charge >= 0.3 is 0 Å². The molecule has 3 aromatic rings. The zero-order chi connectivity index (χ0) is 22.5. The van der Waals surface area contributed by atoms with Crippen molar-refractivity contribution < 1.29 is 13.9 Å². The third-order valence-corrected chi connectivity index (χ3v) is 6.35. The molecule has 6 nitrogen and oxygen atoms in total. The van der Waals surface area contributed by atoms with Gasteiger partial charge in [0.1, 0.15) is 17.3 Å². The predicted octanol–water partition coefficient (Wildman–Crippen LogP) is 4.14. The SMILES string of the molecule is COc1cccc(CN2CCC(NC(=O)c3cnc(SC)n3-c3ccc(F)cc3)CC2)c1. The summed E-state index contributed by atoms with van der Waals surface area (Å²) in [4.78, 5) is 19.8. The standard InChI is InChI=1S/C24H27FN4O2S/c1-31-21-5-3-4-17(14-21)16-28-12-10-19(11-13-28)27-23(30)22-15-26-24(32-2)29(22)20-8-6-18(25)7-9-20/h3-9,14-15,19H,10-13,16H2,1-2H3,(H,27,30). The number of nitrogens with one attached hydrogen (secondary N) is 1. The van der Waals surface area contributed by atoms with Crippen LogP contribution in [0.15, 0.2) is 59.9 Å². The summed E-state index contributed by atoms with van der Waals surface area (Å²) in [6.07, 6.45) is 5.26. The number of nitrogens with zero attached hydrogens (tertiary/aromatic N) is 3. The Balaban J connectivity index is 1.38. The molecule has 2 aromatic carbocycles. The molecule has 4 rings (SSSR count). The van der Waals surface area contributed by atoms with Gasteiger partial charge in [-0.3, -0.25) is 14.3 Å². The first-order valence-electron chi connectivity index (χ1n) is 10.6. The molecule has 1 aromatic heterocycles. The Labute approximate surface area is 191 Å². The maximum Gasteiger partial charge on any atom is 0.270 e. The quantitative estimate of drug-likeness (QED) is 0.544. The average Bonchev–Trinajstić information content (AvgIpc) is 3.25. The molecule has 0 spiro atoms. The van der Waals surface area contributed by atoms with Crippen molar-refractivity contribution in [2.24, 2.45) is 0 Å². The molecular weight excluding hydrogens is 427 g/mol. The summed E-state index contributed by atoms with van der Waals surface area (Å²) in [5, 5.41) is 3.86. The average molecular weight is 455 g/mol. The Morgan fingerprint density at radius 3 is 2.66 bits per heavy atom. The zero-order valence-corrected chi connectivity index (χ0v) is 19.1. The molecule has 8 heteroatoms. The minimum Gasteiger partial charge on any atom is -0.497 e. The number of piperidine rings is 1. The van der Waals surface area contributed by atoms with Crippen molar-refractivity contribution >= 4 is 17.7 Å². The minimum atomic E-state index is -0.314. The first-order valence-corrected chi connectivity index (χ1v) is 11.8. The van der Waals surface area contributed by atoms with Crippen LogP contribution in [0.3, 0.4) is 0 Å². The van der Waals surface area contributed by atoms with E-state index in [2.05, 4.69) is 27.3 Å². The van der Waals surface area contributed by atoms with Crippen LogP contribution in [0.1, 0.15) is 28.9 Å². The number of aromatic nitrogens is 2. The third-order valence-electron chi connectivity index (χ3n) is 5.69. The van der Waals surface area contributed by atoms with Crippen LogP contribution in [0.4, 0.5) is 4.39 Å². The lowest BCUT2D eigenvalue weighted by atomic mass is 10.0. The van der Waals surface area contributed by atoms with E-state index in [1.165, 1.54) is 29.5 Å². The van der Waals surface area contributed by atoms with Gasteiger partial charge in [0.15, 0.2) is 5.16 Å². The summed E-state index contributed by atoms with van der Waals surface area (Å²) in [5.41, 5.74) is 2.39. The lowest BCUT2D eigenvalue weighted by Crippen LogP contribution is -2.44. The molecule has 32 heavy (non-hydrogen) atoms. The summed E-state index contributed by atoms with van der Waals surface area (Å²) in [7, 11) is 1.68. The number of methoxy groups -OCH3 is 1. The van der Waals surface area contributed by atoms with Crippen molar-refractivity contribution in [2.75, 3.05) is 26.5 Å². The van der Waals surface area contributed by atoms with Gasteiger partial charge in [-0.05, 0) is 61.1 Å². The van der Waals surface area contributed by atoms with Crippen molar-refractivity contribution in [3.63, 3.8) is 0 Å². The molecule has 1 aliphatic rings. The molecule has 0 unspecified atom stereocenters. The Bertz CT molecular complexity index is 1060. The fraction of sp³-hybridized carbons (Fsp3) is 0.333. The molecule has 0 saturated carbocycles. The van der Waals surface area contributed by atoms with E-state index in [0.29, 0.717) is 16.5 Å². The molecule has 0 bridgehead atoms. The highest BCUT2D eigenvalue weighted by Gasteiger charge is 2.24. The van der Waals surface area contributed by atoms with Crippen LogP contribution in [0.25, 0.3) is 5.69 Å². The second kappa shape index (κ2) is 10.2. The third kappa shape index (κ3) is 5.14. The summed E-state index contributed by atoms with van der Waals surface area (Å²) in [5.74, 6) is 0.395. The topological polar surface area (TPSA) is 59.4 Å². The number of halogens is 1. The summed E-state index contributed by atoms with van der Waals surface area (Å²) >= 11 is 1.45. The van der Waals surface area contributed by atoms with E-state index in [1.54, 1.807) is 30.0 Å². The molecule has 2 heterocycles. The number of hydrogen-bond acceptors (Lipinski definition) is 5. The van der Waals surface area contributed by atoms with Crippen molar-refractivity contribution in [1.29, 1.82) is 0 Å². The summed E-state index contributed by atoms with van der Waals surface area (Å²) in [6.45, 7) is 2.69. The van der Waals surface area contributed by atoms with Crippen LogP contribution in [0.5, 0.6) is 5.75 Å². The number of likely N-dealkylation sites (tertiary alicyclic amines) is 1. The number of rotatable bonds is 7. The molecule has 0 atom stereocenters. The highest BCUT2D eigenvalue weighted by atomic mass is 32.2. The van der Waals surface area contributed by atoms with E-state index in [0.717, 1.165) is 38.2 Å². The smallest absolute Gasteiger partial charge is 0.270 e. The van der Waals surface area contributed by atoms with Gasteiger partial charge in [0.25, 0.3) is 5.91 Å². The number of amides is 1. The molecule has 0 radical (unpaired) electrons. The molecule has 168 valence electrons. The molecule has 1 saturated heterocycles. The highest BCUT2D eigenvalue weighted by Crippen LogP contribution is 2.23. The molecule has 0 aliphatic carbocycles. The number of ether oxygens (including phenoxy) is 1. The number of imidazole rings is 1. The lowest BCUT2D eigenvalue weighted by molar-refractivity contribution is 0.0901. The molecular formula is C24H27FN4O2S. The first kappa shape index (κ1) is 22.4. The first-order chi connectivity index (χ1) is 15.6. The van der Waals surface area contributed by atoms with Crippen molar-refractivity contribution in [3.8, 4) is 11.4 Å². The van der Waals surface area contributed by atoms with Gasteiger partial charge in [-0.1, -0.05) is 23.9 Å². The summed E-state index contributed by atoms with van der Waals surface area (Å²) < 4.78 is 20.5. The molecule has 1 aliphatic heterocycles. The van der Waals surface area contributed by atoms with Gasteiger partial charge in [-0.2, -0.15) is 0 Å². The predicted molar refractivity (Wildman–Crippen MR) is 124 cm³/mol. The fourth-order valence-electron chi connectivity index (χ4n) is 4.00. The van der Waals surface area contributed by atoms with Crippen molar-refractivity contribution in [2.45, 2.75) is 30.6 Å². The molecule has 1 N–H and O–H groups in total. The fourth-order valence-corrected chi connectivity index (χ4v) is 4.55. The Hall–Kier alpha value is -2.84. The zero-order valence-electron chi connectivity index (χ0n) is 18.3. The van der Waals surface area contributed by atoms with Crippen molar-refractivity contribution in [1.82, 2.24) is 19.8 Å². The van der Waals surface area contributed by atoms with E-state index in [4.69, 9.17) is 4.74 Å². The second-order valence-electron chi connectivity index (χ2n) is 7.82. The van der Waals surface area contributed by atoms with E-state index in [-0.39, 0.29) is 17.8 Å². The van der Waals surface area contributed by atoms with Crippen LogP contribution >= 0.6 is 11.8 Å². The van der Waals surface area contributed by atoms with Gasteiger partial charge in [0, 0.05) is 31.4 Å². The minimum absolute atomic E-state index is 0.110. The largest absolute Gasteiger partial charge is 0.497 e. The molecule has 1 fully saturated rings. The Morgan fingerprint density at radius 1 is 1.22 bits per heavy atom. The van der Waals surface area contributed by atoms with Gasteiger partial charge < -0.3 is 10.1 Å². The maximum atomic E-state index is 13.4. The number of benzene rings is 2. The monoisotopic (exact) mass is 454 g/mol. The van der Waals surface area contributed by atoms with Crippen molar-refractivity contribution in [3.05, 3.63) is 71.8 Å². The van der Waals surface area contributed by atoms with Gasteiger partial charge in [0.2, 0.25) is 0 Å². The van der Waals surface area contributed by atoms with Crippen LogP contribution in [-0.2, 0) is 6.54 Å². The second-order valence-corrected chi connectivity index (χ2v) is 8.59. The maximum absolute atomic E-state index is 13.4. The lowest BCUT2D eigenvalue weighted by Gasteiger charge is -2.32. The summed E-state index contributed by atoms with van der Waals surface area (Å²) in [6, 6.07) is 14.3. The Kier molecular flexibility index (Phi) is 7.12. The number of hydrogen-bond donors (Lipinski definition) is 1. The normalized spacial score (nSPS) is 15.0. The van der Waals surface area contributed by atoms with Crippen LogP contribution in [-0.4, -0.2) is 52.9 Å². The van der Waals surface area contributed by atoms with E-state index >= 15 is 0 Å². The van der Waals surface area contributed by atoms with Gasteiger partial charge in [0.05, 0.1) is 13.3 Å². The van der Waals surface area contributed by atoms with Gasteiger partial charge in [-0.15, -0.1) is 0 Å². The number of carbonyl (C=O) groups excluding carboxylic acids is 1. The van der Waals surface area contributed by atoms with E-state index in [9.17, 15) is 9.18 Å². The number of carbonyl (C=O) groups is 1. The van der Waals surface area contributed by atoms with Gasteiger partial charge in [-0.25, -0.2) is 9.37 Å². The Morgan fingerprint density at radius 2 is 1.97 bits per heavy atom. The van der Waals surface area contributed by atoms with E-state index < -0.39 is 0 Å². The van der Waals surface area contributed by atoms with Crippen LogP contribution < -0.4 is 10.1 Å². The van der Waals surface area contributed by atoms with Crippen LogP contribution in [0, 0.1) is 5.82 Å². The highest BCUT2D eigenvalue weighted by molar-refractivity contribution is 7.98. The van der Waals surface area contributed by atoms with Crippen LogP contribution in [0.2, 0.25) is 0 Å². The molecule has 1 amide bonds. The number of thioether (sulfide) groups is 1.